The van der Waals surface area contributed by atoms with Crippen molar-refractivity contribution in [3.05, 3.63) is 23.0 Å². The standard InChI is InChI=1S/C16H22N2OS2/c1-2-8-19-14-5-3-4-13-15(14)17-16(20)18(13)11-12-6-9-21-10-7-12/h3-5,12H,2,6-11H2,1H3,(H,17,20). The lowest BCUT2D eigenvalue weighted by atomic mass is 10.0. The number of benzene rings is 1. The second-order valence-electron chi connectivity index (χ2n) is 5.60. The second-order valence-corrected chi connectivity index (χ2v) is 7.21. The zero-order valence-corrected chi connectivity index (χ0v) is 14.1. The molecule has 3 nitrogen and oxygen atoms in total. The van der Waals surface area contributed by atoms with Crippen molar-refractivity contribution in [2.24, 2.45) is 5.92 Å². The summed E-state index contributed by atoms with van der Waals surface area (Å²) in [6.07, 6.45) is 3.61. The maximum atomic E-state index is 5.83. The van der Waals surface area contributed by atoms with Gasteiger partial charge in [0.25, 0.3) is 0 Å². The number of hydrogen-bond acceptors (Lipinski definition) is 3. The average molecular weight is 322 g/mol. The second kappa shape index (κ2) is 6.88. The van der Waals surface area contributed by atoms with Crippen LogP contribution in [0.25, 0.3) is 11.0 Å². The number of nitrogens with one attached hydrogen (secondary N) is 1. The highest BCUT2D eigenvalue weighted by atomic mass is 32.2. The molecule has 1 fully saturated rings. The SMILES string of the molecule is CCCOc1cccc2c1[nH]c(=S)n2CC1CCSCC1. The number of aromatic amines is 1. The van der Waals surface area contributed by atoms with E-state index in [9.17, 15) is 0 Å². The molecule has 1 aromatic carbocycles. The lowest BCUT2D eigenvalue weighted by molar-refractivity contribution is 0.320. The molecular formula is C16H22N2OS2. The average Bonchev–Trinajstić information content (AvgIpc) is 2.83. The van der Waals surface area contributed by atoms with Crippen LogP contribution < -0.4 is 4.74 Å². The van der Waals surface area contributed by atoms with Crippen LogP contribution in [0.5, 0.6) is 5.75 Å². The number of fused-ring (bicyclic) bond motifs is 1. The number of aromatic nitrogens is 2. The van der Waals surface area contributed by atoms with E-state index in [1.807, 2.05) is 6.07 Å². The molecule has 0 atom stereocenters. The van der Waals surface area contributed by atoms with Crippen LogP contribution in [0.4, 0.5) is 0 Å². The number of H-pyrrole nitrogens is 1. The van der Waals surface area contributed by atoms with Gasteiger partial charge in [-0.1, -0.05) is 13.0 Å². The Kier molecular flexibility index (Phi) is 4.91. The molecule has 5 heteroatoms. The van der Waals surface area contributed by atoms with Gasteiger partial charge in [0, 0.05) is 6.54 Å². The summed E-state index contributed by atoms with van der Waals surface area (Å²) >= 11 is 7.61. The molecule has 2 aromatic rings. The normalized spacial score (nSPS) is 16.4. The number of hydrogen-bond donors (Lipinski definition) is 1. The van der Waals surface area contributed by atoms with Crippen LogP contribution in [0.15, 0.2) is 18.2 Å². The van der Waals surface area contributed by atoms with Crippen molar-refractivity contribution in [3.63, 3.8) is 0 Å². The minimum absolute atomic E-state index is 0.741. The summed E-state index contributed by atoms with van der Waals surface area (Å²) in [6, 6.07) is 6.21. The fourth-order valence-corrected chi connectivity index (χ4v) is 4.33. The van der Waals surface area contributed by atoms with Crippen molar-refractivity contribution < 1.29 is 4.74 Å². The van der Waals surface area contributed by atoms with E-state index in [-0.39, 0.29) is 0 Å². The Labute approximate surface area is 135 Å². The van der Waals surface area contributed by atoms with E-state index in [2.05, 4.69) is 40.4 Å². The predicted octanol–water partition coefficient (Wildman–Crippen LogP) is 4.63. The molecule has 21 heavy (non-hydrogen) atoms. The van der Waals surface area contributed by atoms with Gasteiger partial charge in [0.1, 0.15) is 11.3 Å². The van der Waals surface area contributed by atoms with Crippen LogP contribution in [-0.2, 0) is 6.54 Å². The van der Waals surface area contributed by atoms with Gasteiger partial charge < -0.3 is 14.3 Å². The summed E-state index contributed by atoms with van der Waals surface area (Å²) in [6.45, 7) is 3.88. The number of ether oxygens (including phenoxy) is 1. The van der Waals surface area contributed by atoms with E-state index >= 15 is 0 Å². The van der Waals surface area contributed by atoms with Crippen molar-refractivity contribution in [1.29, 1.82) is 0 Å². The molecule has 2 heterocycles. The highest BCUT2D eigenvalue weighted by Gasteiger charge is 2.17. The lowest BCUT2D eigenvalue weighted by Gasteiger charge is -2.22. The van der Waals surface area contributed by atoms with Gasteiger partial charge in [0.2, 0.25) is 0 Å². The molecule has 0 spiro atoms. The third kappa shape index (κ3) is 3.29. The van der Waals surface area contributed by atoms with Crippen LogP contribution >= 0.6 is 24.0 Å². The molecule has 0 aliphatic carbocycles. The van der Waals surface area contributed by atoms with Crippen molar-refractivity contribution >= 4 is 35.0 Å². The Balaban J connectivity index is 1.91. The van der Waals surface area contributed by atoms with Gasteiger partial charge >= 0.3 is 0 Å². The summed E-state index contributed by atoms with van der Waals surface area (Å²) in [5, 5.41) is 0. The number of thioether (sulfide) groups is 1. The molecular weight excluding hydrogens is 300 g/mol. The highest BCUT2D eigenvalue weighted by Crippen LogP contribution is 2.29. The number of para-hydroxylation sites is 1. The highest BCUT2D eigenvalue weighted by molar-refractivity contribution is 7.99. The maximum absolute atomic E-state index is 5.83. The van der Waals surface area contributed by atoms with E-state index < -0.39 is 0 Å². The number of nitrogens with zero attached hydrogens (tertiary/aromatic N) is 1. The first kappa shape index (κ1) is 15.0. The fourth-order valence-electron chi connectivity index (χ4n) is 2.85. The van der Waals surface area contributed by atoms with Crippen molar-refractivity contribution in [2.45, 2.75) is 32.7 Å². The van der Waals surface area contributed by atoms with Crippen molar-refractivity contribution in [3.8, 4) is 5.75 Å². The van der Waals surface area contributed by atoms with Crippen molar-refractivity contribution in [2.75, 3.05) is 18.1 Å². The number of rotatable bonds is 5. The Morgan fingerprint density at radius 2 is 2.19 bits per heavy atom. The van der Waals surface area contributed by atoms with E-state index in [1.54, 1.807) is 0 Å². The Hall–Kier alpha value is -0.940. The molecule has 0 saturated carbocycles. The predicted molar refractivity (Wildman–Crippen MR) is 93.0 cm³/mol. The van der Waals surface area contributed by atoms with Crippen LogP contribution in [0, 0.1) is 10.7 Å². The molecule has 1 aliphatic rings. The summed E-state index contributed by atoms with van der Waals surface area (Å²) in [7, 11) is 0. The summed E-state index contributed by atoms with van der Waals surface area (Å²) in [5.41, 5.74) is 2.22. The third-order valence-corrected chi connectivity index (χ3v) is 5.39. The van der Waals surface area contributed by atoms with Gasteiger partial charge in [-0.25, -0.2) is 0 Å². The third-order valence-electron chi connectivity index (χ3n) is 4.02. The first-order valence-electron chi connectivity index (χ1n) is 7.71. The first-order valence-corrected chi connectivity index (χ1v) is 9.28. The quantitative estimate of drug-likeness (QED) is 0.814. The summed E-state index contributed by atoms with van der Waals surface area (Å²) < 4.78 is 8.90. The van der Waals surface area contributed by atoms with Crippen LogP contribution in [0.2, 0.25) is 0 Å². The molecule has 0 radical (unpaired) electrons. The molecule has 0 bridgehead atoms. The minimum atomic E-state index is 0.741. The Morgan fingerprint density at radius 3 is 2.95 bits per heavy atom. The van der Waals surface area contributed by atoms with Gasteiger partial charge in [0.15, 0.2) is 4.77 Å². The van der Waals surface area contributed by atoms with Gasteiger partial charge in [-0.2, -0.15) is 11.8 Å². The zero-order chi connectivity index (χ0) is 14.7. The number of imidazole rings is 1. The first-order chi connectivity index (χ1) is 10.3. The molecule has 0 unspecified atom stereocenters. The summed E-state index contributed by atoms with van der Waals surface area (Å²) in [5.74, 6) is 4.23. The lowest BCUT2D eigenvalue weighted by Crippen LogP contribution is -2.16. The van der Waals surface area contributed by atoms with Gasteiger partial charge in [0.05, 0.1) is 12.1 Å². The van der Waals surface area contributed by atoms with E-state index in [0.717, 1.165) is 41.5 Å². The smallest absolute Gasteiger partial charge is 0.178 e. The Morgan fingerprint density at radius 1 is 1.38 bits per heavy atom. The molecule has 0 amide bonds. The molecule has 1 saturated heterocycles. The zero-order valence-electron chi connectivity index (χ0n) is 12.4. The maximum Gasteiger partial charge on any atom is 0.178 e. The van der Waals surface area contributed by atoms with Gasteiger partial charge in [-0.15, -0.1) is 0 Å². The van der Waals surface area contributed by atoms with Crippen LogP contribution in [0.1, 0.15) is 26.2 Å². The van der Waals surface area contributed by atoms with E-state index in [0.29, 0.717) is 0 Å². The molecule has 1 N–H and O–H groups in total. The molecule has 1 aliphatic heterocycles. The Bertz CT molecular complexity index is 656. The molecule has 1 aromatic heterocycles. The minimum Gasteiger partial charge on any atom is -0.491 e. The summed E-state index contributed by atoms with van der Waals surface area (Å²) in [4.78, 5) is 3.34. The monoisotopic (exact) mass is 322 g/mol. The largest absolute Gasteiger partial charge is 0.491 e. The van der Waals surface area contributed by atoms with Crippen LogP contribution in [0.3, 0.4) is 0 Å². The van der Waals surface area contributed by atoms with Gasteiger partial charge in [-0.05, 0) is 61.0 Å². The van der Waals surface area contributed by atoms with E-state index in [4.69, 9.17) is 17.0 Å². The van der Waals surface area contributed by atoms with E-state index in [1.165, 1.54) is 29.9 Å². The molecule has 114 valence electrons. The molecule has 3 rings (SSSR count). The topological polar surface area (TPSA) is 29.9 Å². The van der Waals surface area contributed by atoms with Gasteiger partial charge in [-0.3, -0.25) is 0 Å². The van der Waals surface area contributed by atoms with Crippen LogP contribution in [-0.4, -0.2) is 27.7 Å². The van der Waals surface area contributed by atoms with Crippen molar-refractivity contribution in [1.82, 2.24) is 9.55 Å². The fraction of sp³-hybridized carbons (Fsp3) is 0.562.